The molecule has 0 aromatic carbocycles. The highest BCUT2D eigenvalue weighted by Crippen LogP contribution is 2.14. The van der Waals surface area contributed by atoms with Crippen LogP contribution in [0.1, 0.15) is 194 Å². The van der Waals surface area contributed by atoms with Gasteiger partial charge in [0.25, 0.3) is 0 Å². The Morgan fingerprint density at radius 1 is 0.463 bits per heavy atom. The lowest BCUT2D eigenvalue weighted by Crippen LogP contribution is -2.50. The van der Waals surface area contributed by atoms with Crippen molar-refractivity contribution in [1.29, 1.82) is 0 Å². The highest BCUT2D eigenvalue weighted by Gasteiger charge is 2.31. The summed E-state index contributed by atoms with van der Waals surface area (Å²) in [4.78, 5) is 37.2. The number of carbonyl (C=O) groups excluding carboxylic acids is 2. The van der Waals surface area contributed by atoms with Crippen LogP contribution in [0.15, 0.2) is 109 Å². The van der Waals surface area contributed by atoms with Gasteiger partial charge in [-0.3, -0.25) is 9.59 Å². The third-order valence-electron chi connectivity index (χ3n) is 11.2. The summed E-state index contributed by atoms with van der Waals surface area (Å²) >= 11 is 0. The zero-order valence-electron chi connectivity index (χ0n) is 43.3. The lowest BCUT2D eigenvalue weighted by molar-refractivity contribution is -0.887. The number of esters is 2. The summed E-state index contributed by atoms with van der Waals surface area (Å²) in [5.74, 6) is -1.54. The number of aliphatic carboxylic acids is 1. The Morgan fingerprint density at radius 3 is 1.27 bits per heavy atom. The average molecular weight is 933 g/mol. The predicted molar refractivity (Wildman–Crippen MR) is 284 cm³/mol. The van der Waals surface area contributed by atoms with Crippen molar-refractivity contribution in [1.82, 2.24) is 0 Å². The second-order valence-corrected chi connectivity index (χ2v) is 18.4. The second kappa shape index (κ2) is 48.4. The summed E-state index contributed by atoms with van der Waals surface area (Å²) in [6, 6.07) is -0.631. The first-order chi connectivity index (χ1) is 32.6. The van der Waals surface area contributed by atoms with Crippen LogP contribution in [0.25, 0.3) is 0 Å². The summed E-state index contributed by atoms with van der Waals surface area (Å²) in [5, 5.41) is 9.66. The van der Waals surface area contributed by atoms with Gasteiger partial charge in [0.1, 0.15) is 6.61 Å². The SMILES string of the molecule is CC/C=C/C/C=C/C/C=C/C/C=C/CCCCCCCCCCCC(=O)OCC(COCCC(C(=O)O)[N+](C)(C)C)OC(=O)CCCC/C=C/C/C=C/C/C=C/C/C=C/C/C=C/CCCCC. The Morgan fingerprint density at radius 2 is 0.836 bits per heavy atom. The number of ether oxygens (including phenoxy) is 3. The van der Waals surface area contributed by atoms with E-state index < -0.39 is 18.1 Å². The first-order valence-electron chi connectivity index (χ1n) is 26.4. The van der Waals surface area contributed by atoms with Crippen molar-refractivity contribution in [3.8, 4) is 0 Å². The molecule has 0 saturated heterocycles. The van der Waals surface area contributed by atoms with Crippen molar-refractivity contribution in [2.75, 3.05) is 41.0 Å². The maximum Gasteiger partial charge on any atom is 0.362 e. The Labute approximate surface area is 410 Å². The minimum absolute atomic E-state index is 0.0349. The molecule has 0 amide bonds. The van der Waals surface area contributed by atoms with Gasteiger partial charge in [0, 0.05) is 19.3 Å². The summed E-state index contributed by atoms with van der Waals surface area (Å²) < 4.78 is 17.3. The van der Waals surface area contributed by atoms with E-state index in [1.165, 1.54) is 64.2 Å². The first kappa shape index (κ1) is 63.0. The third-order valence-corrected chi connectivity index (χ3v) is 11.2. The van der Waals surface area contributed by atoms with E-state index in [2.05, 4.69) is 123 Å². The number of allylic oxidation sites excluding steroid dienone is 18. The molecule has 8 heteroatoms. The van der Waals surface area contributed by atoms with Crippen LogP contribution in [0, 0.1) is 0 Å². The fourth-order valence-electron chi connectivity index (χ4n) is 7.10. The van der Waals surface area contributed by atoms with Crippen molar-refractivity contribution < 1.29 is 38.2 Å². The number of unbranched alkanes of at least 4 members (excludes halogenated alkanes) is 14. The number of carboxylic acids is 1. The molecule has 0 spiro atoms. The van der Waals surface area contributed by atoms with Crippen molar-refractivity contribution >= 4 is 17.9 Å². The number of quaternary nitrogens is 1. The summed E-state index contributed by atoms with van der Waals surface area (Å²) in [7, 11) is 5.51. The molecule has 0 aromatic rings. The van der Waals surface area contributed by atoms with Crippen LogP contribution in [-0.4, -0.2) is 80.6 Å². The zero-order chi connectivity index (χ0) is 49.2. The highest BCUT2D eigenvalue weighted by atomic mass is 16.6. The second-order valence-electron chi connectivity index (χ2n) is 18.4. The fraction of sp³-hybridized carbons (Fsp3) is 0.644. The molecule has 2 unspecified atom stereocenters. The minimum atomic E-state index is -0.887. The van der Waals surface area contributed by atoms with Gasteiger partial charge < -0.3 is 23.8 Å². The van der Waals surface area contributed by atoms with Gasteiger partial charge in [-0.1, -0.05) is 181 Å². The Balaban J connectivity index is 4.35. The van der Waals surface area contributed by atoms with Gasteiger partial charge in [0.15, 0.2) is 12.1 Å². The Bertz CT molecular complexity index is 1460. The monoisotopic (exact) mass is 933 g/mol. The van der Waals surface area contributed by atoms with Gasteiger partial charge in [0.05, 0.1) is 34.4 Å². The largest absolute Gasteiger partial charge is 0.477 e. The molecule has 1 N–H and O–H groups in total. The number of rotatable bonds is 46. The van der Waals surface area contributed by atoms with Crippen LogP contribution < -0.4 is 0 Å². The standard InChI is InChI=1S/C59H97NO7/c1-6-8-10-12-14-16-18-20-22-24-26-28-30-31-33-35-37-39-41-43-45-47-49-57(61)66-54-55(53-65-52-51-56(59(63)64)60(3,4)5)67-58(62)50-48-46-44-42-40-38-36-34-32-29-27-25-23-21-19-17-15-13-11-9-7-2/h8,10,14-17,20-23,26-29,34,36,40,42,55-56H,6-7,9,11-13,18-19,24-25,30-33,35,37-39,41,43-54H2,1-5H3/p+1/b10-8+,16-14+,17-15+,22-20+,23-21+,28-26+,29-27+,36-34+,42-40+. The van der Waals surface area contributed by atoms with E-state index in [-0.39, 0.29) is 42.7 Å². The molecule has 2 atom stereocenters. The van der Waals surface area contributed by atoms with Crippen LogP contribution in [-0.2, 0) is 28.6 Å². The zero-order valence-corrected chi connectivity index (χ0v) is 43.3. The molecule has 0 aliphatic heterocycles. The van der Waals surface area contributed by atoms with Crippen LogP contribution in [0.2, 0.25) is 0 Å². The molecule has 67 heavy (non-hydrogen) atoms. The molecule has 8 nitrogen and oxygen atoms in total. The lowest BCUT2D eigenvalue weighted by Gasteiger charge is -2.31. The quantitative estimate of drug-likeness (QED) is 0.0281. The molecule has 0 aliphatic rings. The fourth-order valence-corrected chi connectivity index (χ4v) is 7.10. The highest BCUT2D eigenvalue weighted by molar-refractivity contribution is 5.72. The van der Waals surface area contributed by atoms with Gasteiger partial charge in [0.2, 0.25) is 0 Å². The van der Waals surface area contributed by atoms with Crippen molar-refractivity contribution in [2.24, 2.45) is 0 Å². The van der Waals surface area contributed by atoms with Gasteiger partial charge >= 0.3 is 17.9 Å². The summed E-state index contributed by atoms with van der Waals surface area (Å²) in [6.07, 6.45) is 67.1. The Hall–Kier alpha value is -4.01. The number of hydrogen-bond acceptors (Lipinski definition) is 6. The molecule has 0 radical (unpaired) electrons. The van der Waals surface area contributed by atoms with Gasteiger partial charge in [-0.2, -0.15) is 0 Å². The Kier molecular flexibility index (Phi) is 45.5. The minimum Gasteiger partial charge on any atom is -0.477 e. The molecule has 0 heterocycles. The molecule has 0 saturated carbocycles. The molecule has 0 bridgehead atoms. The maximum atomic E-state index is 12.8. The average Bonchev–Trinajstić information content (AvgIpc) is 3.29. The number of carboxylic acid groups (broad SMARTS) is 1. The van der Waals surface area contributed by atoms with E-state index in [0.717, 1.165) is 89.9 Å². The molecular formula is C59H98NO7+. The van der Waals surface area contributed by atoms with E-state index in [1.807, 2.05) is 21.1 Å². The molecule has 0 fully saturated rings. The maximum absolute atomic E-state index is 12.8. The molecule has 0 rings (SSSR count). The molecule has 380 valence electrons. The summed E-state index contributed by atoms with van der Waals surface area (Å²) in [6.45, 7) is 4.54. The van der Waals surface area contributed by atoms with Crippen LogP contribution >= 0.6 is 0 Å². The van der Waals surface area contributed by atoms with E-state index >= 15 is 0 Å². The first-order valence-corrected chi connectivity index (χ1v) is 26.4. The van der Waals surface area contributed by atoms with Crippen LogP contribution in [0.4, 0.5) is 0 Å². The third kappa shape index (κ3) is 46.9. The van der Waals surface area contributed by atoms with Crippen molar-refractivity contribution in [3.05, 3.63) is 109 Å². The summed E-state index contributed by atoms with van der Waals surface area (Å²) in [5.41, 5.74) is 0. The molecular weight excluding hydrogens is 835 g/mol. The van der Waals surface area contributed by atoms with Gasteiger partial charge in [-0.15, -0.1) is 0 Å². The van der Waals surface area contributed by atoms with E-state index in [0.29, 0.717) is 19.3 Å². The van der Waals surface area contributed by atoms with E-state index in [9.17, 15) is 19.5 Å². The van der Waals surface area contributed by atoms with E-state index in [1.54, 1.807) is 0 Å². The van der Waals surface area contributed by atoms with Gasteiger partial charge in [-0.25, -0.2) is 4.79 Å². The van der Waals surface area contributed by atoms with Crippen LogP contribution in [0.3, 0.4) is 0 Å². The van der Waals surface area contributed by atoms with Gasteiger partial charge in [-0.05, 0) is 103 Å². The number of nitrogens with zero attached hydrogens (tertiary/aromatic N) is 1. The van der Waals surface area contributed by atoms with Crippen LogP contribution in [0.5, 0.6) is 0 Å². The normalized spacial score (nSPS) is 13.7. The van der Waals surface area contributed by atoms with E-state index in [4.69, 9.17) is 14.2 Å². The number of likely N-dealkylation sites (N-methyl/N-ethyl adjacent to an activating group) is 1. The topological polar surface area (TPSA) is 99.1 Å². The van der Waals surface area contributed by atoms with Crippen molar-refractivity contribution in [3.63, 3.8) is 0 Å². The molecule has 0 aromatic heterocycles. The number of hydrogen-bond donors (Lipinski definition) is 1. The van der Waals surface area contributed by atoms with Crippen molar-refractivity contribution in [2.45, 2.75) is 206 Å². The smallest absolute Gasteiger partial charge is 0.362 e. The lowest BCUT2D eigenvalue weighted by atomic mass is 10.1. The molecule has 0 aliphatic carbocycles. The number of carbonyl (C=O) groups is 3. The predicted octanol–water partition coefficient (Wildman–Crippen LogP) is 15.6.